The van der Waals surface area contributed by atoms with Crippen LogP contribution in [0.3, 0.4) is 0 Å². The smallest absolute Gasteiger partial charge is 0.144 e. The van der Waals surface area contributed by atoms with E-state index in [-0.39, 0.29) is 0 Å². The summed E-state index contributed by atoms with van der Waals surface area (Å²) in [6, 6.07) is 6.16. The minimum Gasteiger partial charge on any atom is -0.496 e. The van der Waals surface area contributed by atoms with Crippen LogP contribution in [0.25, 0.3) is 11.4 Å². The summed E-state index contributed by atoms with van der Waals surface area (Å²) in [6.45, 7) is 4.94. The molecule has 0 aliphatic rings. The van der Waals surface area contributed by atoms with Gasteiger partial charge in [0.1, 0.15) is 11.6 Å². The third-order valence-electron chi connectivity index (χ3n) is 3.42. The fraction of sp³-hybridized carbons (Fsp3) is 0.400. The van der Waals surface area contributed by atoms with E-state index >= 15 is 0 Å². The van der Waals surface area contributed by atoms with E-state index in [9.17, 15) is 0 Å². The zero-order valence-electron chi connectivity index (χ0n) is 12.2. The predicted molar refractivity (Wildman–Crippen MR) is 77.4 cm³/mol. The van der Waals surface area contributed by atoms with E-state index in [2.05, 4.69) is 29.8 Å². The number of methoxy groups -OCH3 is 1. The number of aromatic nitrogens is 2. The number of benzene rings is 1. The molecule has 0 spiro atoms. The molecule has 1 heterocycles. The molecule has 0 fully saturated rings. The van der Waals surface area contributed by atoms with Crippen molar-refractivity contribution in [3.8, 4) is 17.1 Å². The van der Waals surface area contributed by atoms with Crippen molar-refractivity contribution in [2.24, 2.45) is 7.05 Å². The van der Waals surface area contributed by atoms with Gasteiger partial charge in [0, 0.05) is 19.3 Å². The van der Waals surface area contributed by atoms with Crippen LogP contribution in [0.4, 0.5) is 0 Å². The number of aryl methyl sites for hydroxylation is 1. The molecule has 0 radical (unpaired) electrons. The van der Waals surface area contributed by atoms with Gasteiger partial charge in [0.15, 0.2) is 0 Å². The fourth-order valence-electron chi connectivity index (χ4n) is 2.21. The van der Waals surface area contributed by atoms with Gasteiger partial charge in [0.2, 0.25) is 0 Å². The molecule has 19 heavy (non-hydrogen) atoms. The second-order valence-electron chi connectivity index (χ2n) is 4.76. The topological polar surface area (TPSA) is 39.1 Å². The lowest BCUT2D eigenvalue weighted by atomic mass is 10.1. The molecule has 4 heteroatoms. The molecule has 0 saturated heterocycles. The lowest BCUT2D eigenvalue weighted by Gasteiger charge is -2.09. The average molecular weight is 259 g/mol. The van der Waals surface area contributed by atoms with Gasteiger partial charge in [-0.3, -0.25) is 0 Å². The van der Waals surface area contributed by atoms with Gasteiger partial charge >= 0.3 is 0 Å². The molecule has 0 bridgehead atoms. The summed E-state index contributed by atoms with van der Waals surface area (Å²) in [7, 11) is 5.66. The summed E-state index contributed by atoms with van der Waals surface area (Å²) in [5, 5.41) is 3.15. The number of nitrogens with zero attached hydrogens (tertiary/aromatic N) is 2. The molecule has 2 rings (SSSR count). The highest BCUT2D eigenvalue weighted by molar-refractivity contribution is 5.66. The Balaban J connectivity index is 2.58. The van der Waals surface area contributed by atoms with Crippen LogP contribution in [0.15, 0.2) is 18.2 Å². The zero-order valence-corrected chi connectivity index (χ0v) is 12.2. The van der Waals surface area contributed by atoms with Crippen LogP contribution in [0.2, 0.25) is 0 Å². The Labute approximate surface area is 114 Å². The van der Waals surface area contributed by atoms with Crippen LogP contribution in [0.5, 0.6) is 5.75 Å². The van der Waals surface area contributed by atoms with E-state index in [1.807, 2.05) is 26.2 Å². The van der Waals surface area contributed by atoms with Gasteiger partial charge in [-0.15, -0.1) is 0 Å². The minimum atomic E-state index is 0.772. The SMILES string of the molecule is CNCc1nc(-c2cc(C)ccc2OC)n(C)c1C. The third-order valence-corrected chi connectivity index (χ3v) is 3.42. The molecule has 0 unspecified atom stereocenters. The summed E-state index contributed by atoms with van der Waals surface area (Å²) in [5.41, 5.74) is 4.48. The van der Waals surface area contributed by atoms with E-state index in [1.54, 1.807) is 7.11 Å². The first-order valence-electron chi connectivity index (χ1n) is 6.40. The molecule has 1 N–H and O–H groups in total. The molecule has 4 nitrogen and oxygen atoms in total. The van der Waals surface area contributed by atoms with Crippen LogP contribution in [0.1, 0.15) is 17.0 Å². The van der Waals surface area contributed by atoms with E-state index < -0.39 is 0 Å². The summed E-state index contributed by atoms with van der Waals surface area (Å²) in [6.07, 6.45) is 0. The van der Waals surface area contributed by atoms with Crippen molar-refractivity contribution in [2.45, 2.75) is 20.4 Å². The molecule has 0 aliphatic heterocycles. The summed E-state index contributed by atoms with van der Waals surface area (Å²) >= 11 is 0. The second-order valence-corrected chi connectivity index (χ2v) is 4.76. The van der Waals surface area contributed by atoms with Gasteiger partial charge in [0.25, 0.3) is 0 Å². The van der Waals surface area contributed by atoms with Crippen LogP contribution >= 0.6 is 0 Å². The normalized spacial score (nSPS) is 10.8. The molecule has 0 saturated carbocycles. The molecule has 0 amide bonds. The van der Waals surface area contributed by atoms with Crippen molar-refractivity contribution in [3.63, 3.8) is 0 Å². The number of ether oxygens (including phenoxy) is 1. The first-order chi connectivity index (χ1) is 9.08. The van der Waals surface area contributed by atoms with Crippen molar-refractivity contribution >= 4 is 0 Å². The monoisotopic (exact) mass is 259 g/mol. The van der Waals surface area contributed by atoms with E-state index in [4.69, 9.17) is 9.72 Å². The molecule has 0 atom stereocenters. The first kappa shape index (κ1) is 13.6. The Bertz CT molecular complexity index is 587. The lowest BCUT2D eigenvalue weighted by Crippen LogP contribution is -2.07. The van der Waals surface area contributed by atoms with Gasteiger partial charge in [-0.2, -0.15) is 0 Å². The first-order valence-corrected chi connectivity index (χ1v) is 6.40. The van der Waals surface area contributed by atoms with Gasteiger partial charge < -0.3 is 14.6 Å². The molecule has 1 aromatic heterocycles. The largest absolute Gasteiger partial charge is 0.496 e. The number of nitrogens with one attached hydrogen (secondary N) is 1. The van der Waals surface area contributed by atoms with Crippen LogP contribution in [0, 0.1) is 13.8 Å². The molecule has 102 valence electrons. The van der Waals surface area contributed by atoms with Crippen molar-refractivity contribution in [3.05, 3.63) is 35.2 Å². The van der Waals surface area contributed by atoms with E-state index in [0.717, 1.165) is 29.4 Å². The van der Waals surface area contributed by atoms with Crippen molar-refractivity contribution in [1.82, 2.24) is 14.9 Å². The number of imidazole rings is 1. The van der Waals surface area contributed by atoms with Crippen LogP contribution in [-0.4, -0.2) is 23.7 Å². The highest BCUT2D eigenvalue weighted by Crippen LogP contribution is 2.31. The van der Waals surface area contributed by atoms with Crippen LogP contribution < -0.4 is 10.1 Å². The Morgan fingerprint density at radius 3 is 2.68 bits per heavy atom. The average Bonchev–Trinajstić information content (AvgIpc) is 2.67. The zero-order chi connectivity index (χ0) is 14.0. The number of hydrogen-bond acceptors (Lipinski definition) is 3. The molecule has 1 aromatic carbocycles. The maximum absolute atomic E-state index is 5.45. The van der Waals surface area contributed by atoms with Gasteiger partial charge in [-0.05, 0) is 33.0 Å². The quantitative estimate of drug-likeness (QED) is 0.916. The second kappa shape index (κ2) is 5.45. The lowest BCUT2D eigenvalue weighted by molar-refractivity contribution is 0.416. The van der Waals surface area contributed by atoms with Crippen molar-refractivity contribution < 1.29 is 4.74 Å². The van der Waals surface area contributed by atoms with Gasteiger partial charge in [0.05, 0.1) is 18.4 Å². The summed E-state index contributed by atoms with van der Waals surface area (Å²) in [4.78, 5) is 4.74. The van der Waals surface area contributed by atoms with Gasteiger partial charge in [-0.1, -0.05) is 11.6 Å². The molecule has 0 aliphatic carbocycles. The standard InChI is InChI=1S/C15H21N3O/c1-10-6-7-14(19-5)12(8-10)15-17-13(9-16-3)11(2)18(15)4/h6-8,16H,9H2,1-5H3. The Kier molecular flexibility index (Phi) is 3.90. The van der Waals surface area contributed by atoms with E-state index in [0.29, 0.717) is 0 Å². The fourth-order valence-corrected chi connectivity index (χ4v) is 2.21. The Morgan fingerprint density at radius 1 is 1.32 bits per heavy atom. The molecule has 2 aromatic rings. The Hall–Kier alpha value is -1.81. The minimum absolute atomic E-state index is 0.772. The number of rotatable bonds is 4. The summed E-state index contributed by atoms with van der Waals surface area (Å²) in [5.74, 6) is 1.80. The Morgan fingerprint density at radius 2 is 2.05 bits per heavy atom. The third kappa shape index (κ3) is 2.49. The molecular weight excluding hydrogens is 238 g/mol. The maximum Gasteiger partial charge on any atom is 0.144 e. The predicted octanol–water partition coefficient (Wildman–Crippen LogP) is 2.43. The summed E-state index contributed by atoms with van der Waals surface area (Å²) < 4.78 is 7.56. The number of hydrogen-bond donors (Lipinski definition) is 1. The van der Waals surface area contributed by atoms with Gasteiger partial charge in [-0.25, -0.2) is 4.98 Å². The highest BCUT2D eigenvalue weighted by Gasteiger charge is 2.15. The van der Waals surface area contributed by atoms with Crippen molar-refractivity contribution in [2.75, 3.05) is 14.2 Å². The van der Waals surface area contributed by atoms with Crippen molar-refractivity contribution in [1.29, 1.82) is 0 Å². The molecular formula is C15H21N3O. The highest BCUT2D eigenvalue weighted by atomic mass is 16.5. The van der Waals surface area contributed by atoms with Crippen LogP contribution in [-0.2, 0) is 13.6 Å². The maximum atomic E-state index is 5.45. The van der Waals surface area contributed by atoms with E-state index in [1.165, 1.54) is 11.3 Å².